The number of anilines is 1. The molecule has 7 heteroatoms. The van der Waals surface area contributed by atoms with E-state index in [0.29, 0.717) is 5.69 Å². The number of carbonyl (C=O) groups is 1. The van der Waals surface area contributed by atoms with Crippen molar-refractivity contribution in [1.82, 2.24) is 5.32 Å². The lowest BCUT2D eigenvalue weighted by Crippen LogP contribution is -2.41. The molecule has 1 aliphatic rings. The van der Waals surface area contributed by atoms with Gasteiger partial charge in [0.05, 0.1) is 22.2 Å². The number of rotatable bonds is 6. The van der Waals surface area contributed by atoms with Crippen molar-refractivity contribution in [2.24, 2.45) is 0 Å². The number of nitrogens with one attached hydrogen (secondary N) is 1. The fraction of sp³-hybridized carbons (Fsp3) is 0.222. The van der Waals surface area contributed by atoms with Gasteiger partial charge in [0.2, 0.25) is 5.91 Å². The number of para-hydroxylation sites is 1. The molecular weight excluding hydrogens is 338 g/mol. The zero-order valence-electron chi connectivity index (χ0n) is 13.4. The predicted octanol–water partition coefficient (Wildman–Crippen LogP) is 2.03. The highest BCUT2D eigenvalue weighted by Gasteiger charge is 2.30. The van der Waals surface area contributed by atoms with E-state index in [-0.39, 0.29) is 29.0 Å². The molecule has 0 radical (unpaired) electrons. The van der Waals surface area contributed by atoms with Gasteiger partial charge in [-0.3, -0.25) is 9.10 Å². The Hall–Kier alpha value is -2.85. The van der Waals surface area contributed by atoms with Crippen LogP contribution in [0.5, 0.6) is 0 Å². The fourth-order valence-corrected chi connectivity index (χ4v) is 3.86. The molecular formula is C18H17N3O3S. The van der Waals surface area contributed by atoms with Crippen LogP contribution in [0.3, 0.4) is 0 Å². The molecule has 0 spiro atoms. The molecule has 3 rings (SSSR count). The Bertz CT molecular complexity index is 916. The van der Waals surface area contributed by atoms with Crippen molar-refractivity contribution in [3.8, 4) is 6.07 Å². The van der Waals surface area contributed by atoms with Crippen LogP contribution in [0.2, 0.25) is 0 Å². The first kappa shape index (κ1) is 17.0. The summed E-state index contributed by atoms with van der Waals surface area (Å²) in [6.45, 7) is -0.306. The van der Waals surface area contributed by atoms with E-state index in [1.165, 1.54) is 24.3 Å². The Morgan fingerprint density at radius 1 is 1.16 bits per heavy atom. The number of carbonyl (C=O) groups excluding carboxylic acids is 1. The van der Waals surface area contributed by atoms with Gasteiger partial charge < -0.3 is 5.32 Å². The van der Waals surface area contributed by atoms with Crippen LogP contribution in [0.4, 0.5) is 5.69 Å². The van der Waals surface area contributed by atoms with E-state index in [9.17, 15) is 13.2 Å². The van der Waals surface area contributed by atoms with Gasteiger partial charge in [-0.25, -0.2) is 8.42 Å². The predicted molar refractivity (Wildman–Crippen MR) is 93.3 cm³/mol. The zero-order valence-corrected chi connectivity index (χ0v) is 14.2. The molecule has 0 aromatic heterocycles. The summed E-state index contributed by atoms with van der Waals surface area (Å²) in [6, 6.07) is 16.3. The second kappa shape index (κ2) is 6.95. The summed E-state index contributed by atoms with van der Waals surface area (Å²) in [5, 5.41) is 11.8. The Balaban J connectivity index is 1.97. The van der Waals surface area contributed by atoms with Gasteiger partial charge in [0.15, 0.2) is 0 Å². The van der Waals surface area contributed by atoms with Gasteiger partial charge in [-0.05, 0) is 43.2 Å². The molecule has 0 atom stereocenters. The largest absolute Gasteiger partial charge is 0.352 e. The van der Waals surface area contributed by atoms with Crippen molar-refractivity contribution in [3.05, 3.63) is 60.2 Å². The molecule has 2 aromatic rings. The molecule has 1 amide bonds. The van der Waals surface area contributed by atoms with Crippen LogP contribution >= 0.6 is 0 Å². The first-order valence-corrected chi connectivity index (χ1v) is 9.32. The van der Waals surface area contributed by atoms with Crippen LogP contribution in [0.25, 0.3) is 0 Å². The summed E-state index contributed by atoms with van der Waals surface area (Å²) in [5.74, 6) is -0.341. The number of benzene rings is 2. The maximum absolute atomic E-state index is 13.1. The number of sulfonamides is 1. The van der Waals surface area contributed by atoms with Gasteiger partial charge in [0.25, 0.3) is 10.0 Å². The summed E-state index contributed by atoms with van der Waals surface area (Å²) in [4.78, 5) is 12.2. The fourth-order valence-electron chi connectivity index (χ4n) is 2.39. The van der Waals surface area contributed by atoms with Gasteiger partial charge in [0, 0.05) is 6.04 Å². The molecule has 0 bridgehead atoms. The molecule has 1 aliphatic carbocycles. The average molecular weight is 355 g/mol. The highest BCUT2D eigenvalue weighted by molar-refractivity contribution is 7.92. The monoisotopic (exact) mass is 355 g/mol. The van der Waals surface area contributed by atoms with Crippen molar-refractivity contribution in [1.29, 1.82) is 5.26 Å². The molecule has 1 fully saturated rings. The summed E-state index contributed by atoms with van der Waals surface area (Å²) in [5.41, 5.74) is 0.646. The minimum absolute atomic E-state index is 0.0189. The maximum Gasteiger partial charge on any atom is 0.264 e. The molecule has 0 heterocycles. The number of hydrogen-bond donors (Lipinski definition) is 1. The third-order valence-electron chi connectivity index (χ3n) is 3.82. The van der Waals surface area contributed by atoms with Crippen LogP contribution in [0.15, 0.2) is 59.5 Å². The van der Waals surface area contributed by atoms with Crippen molar-refractivity contribution in [2.45, 2.75) is 23.8 Å². The van der Waals surface area contributed by atoms with Gasteiger partial charge in [-0.15, -0.1) is 0 Å². The highest BCUT2D eigenvalue weighted by atomic mass is 32.2. The quantitative estimate of drug-likeness (QED) is 0.858. The van der Waals surface area contributed by atoms with Crippen molar-refractivity contribution in [3.63, 3.8) is 0 Å². The van der Waals surface area contributed by atoms with Gasteiger partial charge in [-0.2, -0.15) is 5.26 Å². The molecule has 0 saturated heterocycles. The summed E-state index contributed by atoms with van der Waals surface area (Å²) >= 11 is 0. The lowest BCUT2D eigenvalue weighted by atomic mass is 10.2. The molecule has 0 unspecified atom stereocenters. The number of nitrogens with zero attached hydrogens (tertiary/aromatic N) is 2. The normalized spacial score (nSPS) is 13.7. The molecule has 1 saturated carbocycles. The number of hydrogen-bond acceptors (Lipinski definition) is 4. The van der Waals surface area contributed by atoms with Gasteiger partial charge in [0.1, 0.15) is 6.54 Å². The molecule has 25 heavy (non-hydrogen) atoms. The van der Waals surface area contributed by atoms with Gasteiger partial charge >= 0.3 is 0 Å². The van der Waals surface area contributed by atoms with Gasteiger partial charge in [-0.1, -0.05) is 24.3 Å². The van der Waals surface area contributed by atoms with Crippen LogP contribution in [0.1, 0.15) is 18.4 Å². The Morgan fingerprint density at radius 2 is 1.88 bits per heavy atom. The Kier molecular flexibility index (Phi) is 4.72. The topological polar surface area (TPSA) is 90.3 Å². The minimum Gasteiger partial charge on any atom is -0.352 e. The Labute approximate surface area is 146 Å². The summed E-state index contributed by atoms with van der Waals surface area (Å²) in [7, 11) is -3.98. The lowest BCUT2D eigenvalue weighted by Gasteiger charge is -2.24. The second-order valence-corrected chi connectivity index (χ2v) is 7.69. The van der Waals surface area contributed by atoms with Crippen molar-refractivity contribution >= 4 is 21.6 Å². The van der Waals surface area contributed by atoms with E-state index in [0.717, 1.165) is 17.1 Å². The first-order chi connectivity index (χ1) is 12.0. The van der Waals surface area contributed by atoms with Crippen LogP contribution in [-0.4, -0.2) is 26.9 Å². The van der Waals surface area contributed by atoms with E-state index < -0.39 is 10.0 Å². The van der Waals surface area contributed by atoms with Crippen LogP contribution < -0.4 is 9.62 Å². The second-order valence-electron chi connectivity index (χ2n) is 5.83. The summed E-state index contributed by atoms with van der Waals surface area (Å²) < 4.78 is 27.2. The van der Waals surface area contributed by atoms with E-state index in [1.807, 2.05) is 6.07 Å². The average Bonchev–Trinajstić information content (AvgIpc) is 3.44. The highest BCUT2D eigenvalue weighted by Crippen LogP contribution is 2.24. The van der Waals surface area contributed by atoms with E-state index >= 15 is 0 Å². The molecule has 2 aromatic carbocycles. The standard InChI is InChI=1S/C18H17N3O3S/c19-12-14-5-4-8-17(11-14)25(23,24)21(16-6-2-1-3-7-16)13-18(22)20-15-9-10-15/h1-8,11,15H,9-10,13H2,(H,20,22). The SMILES string of the molecule is N#Cc1cccc(S(=O)(=O)N(CC(=O)NC2CC2)c2ccccc2)c1. The van der Waals surface area contributed by atoms with Crippen molar-refractivity contribution < 1.29 is 13.2 Å². The molecule has 128 valence electrons. The Morgan fingerprint density at radius 3 is 2.52 bits per heavy atom. The molecule has 0 aliphatic heterocycles. The van der Waals surface area contributed by atoms with E-state index in [1.54, 1.807) is 30.3 Å². The zero-order chi connectivity index (χ0) is 17.9. The first-order valence-electron chi connectivity index (χ1n) is 7.88. The van der Waals surface area contributed by atoms with Crippen LogP contribution in [0, 0.1) is 11.3 Å². The third-order valence-corrected chi connectivity index (χ3v) is 5.59. The summed E-state index contributed by atoms with van der Waals surface area (Å²) in [6.07, 6.45) is 1.85. The maximum atomic E-state index is 13.1. The van der Waals surface area contributed by atoms with Crippen molar-refractivity contribution in [2.75, 3.05) is 10.8 Å². The van der Waals surface area contributed by atoms with E-state index in [4.69, 9.17) is 5.26 Å². The number of amides is 1. The third kappa shape index (κ3) is 3.98. The lowest BCUT2D eigenvalue weighted by molar-refractivity contribution is -0.119. The van der Waals surface area contributed by atoms with Crippen LogP contribution in [-0.2, 0) is 14.8 Å². The molecule has 6 nitrogen and oxygen atoms in total. The number of nitriles is 1. The smallest absolute Gasteiger partial charge is 0.264 e. The minimum atomic E-state index is -3.98. The van der Waals surface area contributed by atoms with E-state index in [2.05, 4.69) is 5.32 Å². The molecule has 1 N–H and O–H groups in total.